The molecule has 32 heavy (non-hydrogen) atoms. The first-order valence-electron chi connectivity index (χ1n) is 11.4. The van der Waals surface area contributed by atoms with Gasteiger partial charge in [-0.25, -0.2) is 4.98 Å². The van der Waals surface area contributed by atoms with Crippen LogP contribution >= 0.6 is 0 Å². The smallest absolute Gasteiger partial charge is 0.224 e. The Hall–Kier alpha value is -2.90. The number of hydrogen-bond acceptors (Lipinski definition) is 5. The number of rotatable bonds is 9. The number of likely N-dealkylation sites (tertiary alicyclic amines) is 1. The number of aliphatic hydroxyl groups excluding tert-OH is 1. The highest BCUT2D eigenvalue weighted by molar-refractivity contribution is 5.81. The quantitative estimate of drug-likeness (QED) is 0.449. The van der Waals surface area contributed by atoms with E-state index in [1.54, 1.807) is 7.05 Å². The fraction of sp³-hybridized carbons (Fsp3) is 0.440. The van der Waals surface area contributed by atoms with Crippen molar-refractivity contribution in [3.8, 4) is 5.75 Å². The van der Waals surface area contributed by atoms with Crippen molar-refractivity contribution in [1.29, 1.82) is 0 Å². The summed E-state index contributed by atoms with van der Waals surface area (Å²) in [5.41, 5.74) is 4.05. The molecule has 170 valence electrons. The summed E-state index contributed by atoms with van der Waals surface area (Å²) in [5, 5.41) is 12.5. The number of β-amino-alcohol motifs (C(OH)–C–C–N with tert-alkyl or cyclic N) is 1. The minimum absolute atomic E-state index is 0.00109. The molecule has 3 N–H and O–H groups in total. The molecule has 7 heteroatoms. The van der Waals surface area contributed by atoms with Crippen molar-refractivity contribution in [2.45, 2.75) is 44.8 Å². The van der Waals surface area contributed by atoms with E-state index >= 15 is 0 Å². The Kier molecular flexibility index (Phi) is 7.39. The normalized spacial score (nSPS) is 16.9. The molecule has 1 amide bonds. The fourth-order valence-electron chi connectivity index (χ4n) is 4.21. The molecule has 1 aliphatic rings. The first-order valence-corrected chi connectivity index (χ1v) is 11.4. The zero-order chi connectivity index (χ0) is 22.3. The molecule has 1 atom stereocenters. The van der Waals surface area contributed by atoms with Gasteiger partial charge in [-0.1, -0.05) is 18.2 Å². The van der Waals surface area contributed by atoms with E-state index in [1.165, 1.54) is 5.56 Å². The first-order chi connectivity index (χ1) is 15.6. The van der Waals surface area contributed by atoms with Gasteiger partial charge in [0.2, 0.25) is 5.91 Å². The Morgan fingerprint density at radius 1 is 1.28 bits per heavy atom. The number of ether oxygens (including phenoxy) is 1. The lowest BCUT2D eigenvalue weighted by molar-refractivity contribution is -0.119. The van der Waals surface area contributed by atoms with Crippen LogP contribution in [0.4, 0.5) is 0 Å². The number of hydrogen-bond donors (Lipinski definition) is 3. The van der Waals surface area contributed by atoms with Gasteiger partial charge in [-0.3, -0.25) is 9.69 Å². The predicted octanol–water partition coefficient (Wildman–Crippen LogP) is 2.82. The summed E-state index contributed by atoms with van der Waals surface area (Å²) in [4.78, 5) is 21.9. The molecule has 0 spiro atoms. The average molecular weight is 437 g/mol. The molecule has 0 bridgehead atoms. The molecule has 1 unspecified atom stereocenters. The molecule has 3 aromatic rings. The third-order valence-corrected chi connectivity index (χ3v) is 5.85. The molecule has 2 aromatic carbocycles. The lowest BCUT2D eigenvalue weighted by atomic mass is 10.1. The van der Waals surface area contributed by atoms with E-state index in [0.29, 0.717) is 13.0 Å². The molecule has 0 radical (unpaired) electrons. The number of nitrogens with one attached hydrogen (secondary N) is 2. The van der Waals surface area contributed by atoms with Gasteiger partial charge in [0.05, 0.1) is 30.2 Å². The second kappa shape index (κ2) is 10.6. The summed E-state index contributed by atoms with van der Waals surface area (Å²) in [5.74, 6) is 1.81. The van der Waals surface area contributed by atoms with Crippen molar-refractivity contribution in [2.75, 3.05) is 26.7 Å². The lowest BCUT2D eigenvalue weighted by Crippen LogP contribution is -2.37. The first kappa shape index (κ1) is 22.3. The second-order valence-corrected chi connectivity index (χ2v) is 8.52. The minimum atomic E-state index is -0.205. The van der Waals surface area contributed by atoms with E-state index < -0.39 is 0 Å². The van der Waals surface area contributed by atoms with Gasteiger partial charge >= 0.3 is 0 Å². The number of aromatic amines is 1. The molecular formula is C25H32N4O3. The Bertz CT molecular complexity index is 1050. The number of carbonyl (C=O) groups excluding carboxylic acids is 1. The van der Waals surface area contributed by atoms with Crippen LogP contribution in [0.2, 0.25) is 0 Å². The van der Waals surface area contributed by atoms with Crippen molar-refractivity contribution in [1.82, 2.24) is 20.2 Å². The zero-order valence-corrected chi connectivity index (χ0v) is 18.6. The largest absolute Gasteiger partial charge is 0.494 e. The summed E-state index contributed by atoms with van der Waals surface area (Å²) in [7, 11) is 1.65. The average Bonchev–Trinajstić information content (AvgIpc) is 3.19. The lowest BCUT2D eigenvalue weighted by Gasteiger charge is -2.30. The van der Waals surface area contributed by atoms with Crippen LogP contribution < -0.4 is 10.1 Å². The zero-order valence-electron chi connectivity index (χ0n) is 18.6. The number of nitrogens with zero attached hydrogens (tertiary/aromatic N) is 2. The van der Waals surface area contributed by atoms with Crippen LogP contribution in [0.5, 0.6) is 5.75 Å². The van der Waals surface area contributed by atoms with Crippen molar-refractivity contribution < 1.29 is 14.6 Å². The summed E-state index contributed by atoms with van der Waals surface area (Å²) in [6, 6.07) is 14.1. The number of aryl methyl sites for hydroxylation is 1. The number of piperidine rings is 1. The number of benzene rings is 2. The van der Waals surface area contributed by atoms with E-state index in [4.69, 9.17) is 4.74 Å². The number of likely N-dealkylation sites (N-methyl/N-ethyl adjacent to an activating group) is 1. The van der Waals surface area contributed by atoms with Gasteiger partial charge in [-0.15, -0.1) is 0 Å². The van der Waals surface area contributed by atoms with Gasteiger partial charge in [0.1, 0.15) is 11.6 Å². The third-order valence-electron chi connectivity index (χ3n) is 5.85. The van der Waals surface area contributed by atoms with E-state index in [9.17, 15) is 9.90 Å². The monoisotopic (exact) mass is 436 g/mol. The number of amides is 1. The Balaban J connectivity index is 1.26. The van der Waals surface area contributed by atoms with E-state index in [2.05, 4.69) is 32.3 Å². The van der Waals surface area contributed by atoms with E-state index in [-0.39, 0.29) is 12.0 Å². The van der Waals surface area contributed by atoms with Gasteiger partial charge in [-0.05, 0) is 61.2 Å². The van der Waals surface area contributed by atoms with Crippen LogP contribution in [0.25, 0.3) is 11.0 Å². The minimum Gasteiger partial charge on any atom is -0.494 e. The van der Waals surface area contributed by atoms with Crippen LogP contribution in [0, 0.1) is 0 Å². The number of imidazole rings is 1. The standard InChI is InChI=1S/C25H32N4O3/c1-26-25(31)15-18-9-10-22-23(14-18)28-24(27-22)8-4-12-32-21-7-2-5-19(13-21)16-29-11-3-6-20(30)17-29/h2,5,7,9-10,13-14,20,30H,3-4,6,8,11-12,15-17H2,1H3,(H,26,31)(H,27,28). The summed E-state index contributed by atoms with van der Waals surface area (Å²) < 4.78 is 5.97. The number of fused-ring (bicyclic) bond motifs is 1. The molecule has 0 saturated carbocycles. The van der Waals surface area contributed by atoms with Crippen molar-refractivity contribution >= 4 is 16.9 Å². The summed E-state index contributed by atoms with van der Waals surface area (Å²) in [6.45, 7) is 3.24. The van der Waals surface area contributed by atoms with Gasteiger partial charge in [0, 0.05) is 26.6 Å². The fourth-order valence-corrected chi connectivity index (χ4v) is 4.21. The van der Waals surface area contributed by atoms with Gasteiger partial charge in [0.15, 0.2) is 0 Å². The maximum absolute atomic E-state index is 11.6. The van der Waals surface area contributed by atoms with Crippen LogP contribution in [0.1, 0.15) is 36.2 Å². The summed E-state index contributed by atoms with van der Waals surface area (Å²) in [6.07, 6.45) is 3.77. The van der Waals surface area contributed by atoms with Gasteiger partial charge in [0.25, 0.3) is 0 Å². The van der Waals surface area contributed by atoms with Crippen molar-refractivity contribution in [3.05, 3.63) is 59.4 Å². The summed E-state index contributed by atoms with van der Waals surface area (Å²) >= 11 is 0. The van der Waals surface area contributed by atoms with Crippen molar-refractivity contribution in [2.24, 2.45) is 0 Å². The highest BCUT2D eigenvalue weighted by atomic mass is 16.5. The molecule has 1 saturated heterocycles. The Labute approximate surface area is 188 Å². The van der Waals surface area contributed by atoms with Crippen LogP contribution in [0.3, 0.4) is 0 Å². The maximum atomic E-state index is 11.6. The molecule has 0 aliphatic carbocycles. The van der Waals surface area contributed by atoms with Crippen LogP contribution in [-0.4, -0.2) is 58.7 Å². The third kappa shape index (κ3) is 6.08. The van der Waals surface area contributed by atoms with Crippen molar-refractivity contribution in [3.63, 3.8) is 0 Å². The molecule has 1 aromatic heterocycles. The molecular weight excluding hydrogens is 404 g/mol. The van der Waals surface area contributed by atoms with Gasteiger partial charge < -0.3 is 20.1 Å². The molecule has 1 fully saturated rings. The second-order valence-electron chi connectivity index (χ2n) is 8.52. The van der Waals surface area contributed by atoms with E-state index in [1.807, 2.05) is 30.3 Å². The SMILES string of the molecule is CNC(=O)Cc1ccc2nc(CCCOc3cccc(CN4CCCC(O)C4)c3)[nH]c2c1. The Morgan fingerprint density at radius 3 is 3.03 bits per heavy atom. The number of aliphatic hydroxyl groups is 1. The topological polar surface area (TPSA) is 90.5 Å². The predicted molar refractivity (Wildman–Crippen MR) is 125 cm³/mol. The van der Waals surface area contributed by atoms with Crippen LogP contribution in [-0.2, 0) is 24.2 Å². The highest BCUT2D eigenvalue weighted by Gasteiger charge is 2.17. The molecule has 7 nitrogen and oxygen atoms in total. The maximum Gasteiger partial charge on any atom is 0.224 e. The van der Waals surface area contributed by atoms with E-state index in [0.717, 1.165) is 73.5 Å². The number of H-pyrrole nitrogens is 1. The number of carbonyl (C=O) groups is 1. The number of aromatic nitrogens is 2. The molecule has 2 heterocycles. The highest BCUT2D eigenvalue weighted by Crippen LogP contribution is 2.19. The molecule has 4 rings (SSSR count). The van der Waals surface area contributed by atoms with Crippen LogP contribution in [0.15, 0.2) is 42.5 Å². The Morgan fingerprint density at radius 2 is 2.19 bits per heavy atom. The van der Waals surface area contributed by atoms with Gasteiger partial charge in [-0.2, -0.15) is 0 Å². The molecule has 1 aliphatic heterocycles.